The normalized spacial score (nSPS) is 35.6. The number of rotatable bonds is 2. The summed E-state index contributed by atoms with van der Waals surface area (Å²) in [6.07, 6.45) is 10.1. The van der Waals surface area contributed by atoms with Gasteiger partial charge in [-0.3, -0.25) is 10.2 Å². The lowest BCUT2D eigenvalue weighted by Crippen LogP contribution is -2.39. The van der Waals surface area contributed by atoms with Gasteiger partial charge in [0.05, 0.1) is 0 Å². The molecule has 2 atom stereocenters. The van der Waals surface area contributed by atoms with E-state index < -0.39 is 0 Å². The minimum absolute atomic E-state index is 0.776. The first-order valence-corrected chi connectivity index (χ1v) is 6.76. The molecular formula is C13H26N2. The highest BCUT2D eigenvalue weighted by Crippen LogP contribution is 2.30. The molecule has 0 spiro atoms. The van der Waals surface area contributed by atoms with Gasteiger partial charge < -0.3 is 0 Å². The van der Waals surface area contributed by atoms with Crippen molar-refractivity contribution >= 4 is 0 Å². The zero-order valence-electron chi connectivity index (χ0n) is 10.3. The van der Waals surface area contributed by atoms with Gasteiger partial charge in [0.1, 0.15) is 0 Å². The molecule has 2 heteroatoms. The SMILES string of the molecule is CCC1C(C2CCCCCC2)NCN1C. The Morgan fingerprint density at radius 2 is 1.80 bits per heavy atom. The first kappa shape index (κ1) is 11.4. The van der Waals surface area contributed by atoms with Crippen LogP contribution in [0.3, 0.4) is 0 Å². The quantitative estimate of drug-likeness (QED) is 0.705. The molecule has 2 unspecified atom stereocenters. The molecule has 88 valence electrons. The van der Waals surface area contributed by atoms with Gasteiger partial charge >= 0.3 is 0 Å². The second-order valence-electron chi connectivity index (χ2n) is 5.37. The van der Waals surface area contributed by atoms with E-state index in [0.29, 0.717) is 0 Å². The molecule has 2 fully saturated rings. The Hall–Kier alpha value is -0.0800. The van der Waals surface area contributed by atoms with Gasteiger partial charge in [0, 0.05) is 18.8 Å². The van der Waals surface area contributed by atoms with E-state index in [2.05, 4.69) is 24.2 Å². The molecule has 1 N–H and O–H groups in total. The second kappa shape index (κ2) is 5.31. The van der Waals surface area contributed by atoms with Crippen LogP contribution in [0.4, 0.5) is 0 Å². The van der Waals surface area contributed by atoms with Crippen molar-refractivity contribution in [1.82, 2.24) is 10.2 Å². The van der Waals surface area contributed by atoms with Crippen LogP contribution in [0, 0.1) is 5.92 Å². The minimum Gasteiger partial charge on any atom is -0.300 e. The molecular weight excluding hydrogens is 184 g/mol. The Kier molecular flexibility index (Phi) is 4.04. The summed E-state index contributed by atoms with van der Waals surface area (Å²) in [6.45, 7) is 3.43. The van der Waals surface area contributed by atoms with Gasteiger partial charge in [-0.25, -0.2) is 0 Å². The van der Waals surface area contributed by atoms with E-state index in [9.17, 15) is 0 Å². The molecule has 0 aromatic heterocycles. The maximum atomic E-state index is 3.73. The molecule has 0 radical (unpaired) electrons. The van der Waals surface area contributed by atoms with Crippen molar-refractivity contribution in [3.8, 4) is 0 Å². The maximum Gasteiger partial charge on any atom is 0.0483 e. The van der Waals surface area contributed by atoms with E-state index in [1.807, 2.05) is 0 Å². The van der Waals surface area contributed by atoms with E-state index in [1.54, 1.807) is 0 Å². The van der Waals surface area contributed by atoms with Gasteiger partial charge in [-0.15, -0.1) is 0 Å². The Morgan fingerprint density at radius 1 is 1.13 bits per heavy atom. The Bertz CT molecular complexity index is 185. The summed E-state index contributed by atoms with van der Waals surface area (Å²) in [4.78, 5) is 2.50. The van der Waals surface area contributed by atoms with Crippen LogP contribution in [0.5, 0.6) is 0 Å². The fourth-order valence-corrected chi connectivity index (χ4v) is 3.49. The Morgan fingerprint density at radius 3 is 2.40 bits per heavy atom. The van der Waals surface area contributed by atoms with Gasteiger partial charge in [-0.1, -0.05) is 32.6 Å². The summed E-state index contributed by atoms with van der Waals surface area (Å²) < 4.78 is 0. The lowest BCUT2D eigenvalue weighted by Gasteiger charge is -2.29. The molecule has 1 heterocycles. The zero-order chi connectivity index (χ0) is 10.7. The third kappa shape index (κ3) is 2.54. The maximum absolute atomic E-state index is 3.73. The van der Waals surface area contributed by atoms with Crippen molar-refractivity contribution in [2.75, 3.05) is 13.7 Å². The Balaban J connectivity index is 1.95. The monoisotopic (exact) mass is 210 g/mol. The van der Waals surface area contributed by atoms with Crippen LogP contribution in [0.2, 0.25) is 0 Å². The molecule has 2 nitrogen and oxygen atoms in total. The highest BCUT2D eigenvalue weighted by Gasteiger charge is 2.35. The summed E-state index contributed by atoms with van der Waals surface area (Å²) in [6, 6.07) is 1.56. The lowest BCUT2D eigenvalue weighted by atomic mass is 9.87. The summed E-state index contributed by atoms with van der Waals surface area (Å²) in [7, 11) is 2.26. The van der Waals surface area contributed by atoms with Crippen molar-refractivity contribution in [3.63, 3.8) is 0 Å². The third-order valence-corrected chi connectivity index (χ3v) is 4.38. The van der Waals surface area contributed by atoms with Gasteiger partial charge in [-0.05, 0) is 32.2 Å². The smallest absolute Gasteiger partial charge is 0.0483 e. The molecule has 15 heavy (non-hydrogen) atoms. The van der Waals surface area contributed by atoms with Gasteiger partial charge in [0.15, 0.2) is 0 Å². The van der Waals surface area contributed by atoms with Crippen LogP contribution in [-0.2, 0) is 0 Å². The standard InChI is InChI=1S/C13H26N2/c1-3-12-13(14-10-15(12)2)11-8-6-4-5-7-9-11/h11-14H,3-10H2,1-2H3. The van der Waals surface area contributed by atoms with Crippen LogP contribution >= 0.6 is 0 Å². The van der Waals surface area contributed by atoms with E-state index in [1.165, 1.54) is 44.9 Å². The van der Waals surface area contributed by atoms with Gasteiger partial charge in [0.2, 0.25) is 0 Å². The van der Waals surface area contributed by atoms with E-state index in [-0.39, 0.29) is 0 Å². The van der Waals surface area contributed by atoms with Crippen LogP contribution in [0.15, 0.2) is 0 Å². The van der Waals surface area contributed by atoms with Crippen LogP contribution < -0.4 is 5.32 Å². The number of nitrogens with zero attached hydrogens (tertiary/aromatic N) is 1. The fraction of sp³-hybridized carbons (Fsp3) is 1.00. The number of hydrogen-bond donors (Lipinski definition) is 1. The minimum atomic E-state index is 0.776. The molecule has 1 saturated heterocycles. The predicted octanol–water partition coefficient (Wildman–Crippen LogP) is 2.60. The van der Waals surface area contributed by atoms with Crippen molar-refractivity contribution < 1.29 is 0 Å². The molecule has 1 saturated carbocycles. The third-order valence-electron chi connectivity index (χ3n) is 4.38. The second-order valence-corrected chi connectivity index (χ2v) is 5.37. The molecule has 1 aliphatic carbocycles. The van der Waals surface area contributed by atoms with Crippen LogP contribution in [0.25, 0.3) is 0 Å². The van der Waals surface area contributed by atoms with E-state index in [4.69, 9.17) is 0 Å². The van der Waals surface area contributed by atoms with Crippen molar-refractivity contribution in [2.24, 2.45) is 5.92 Å². The van der Waals surface area contributed by atoms with Crippen molar-refractivity contribution in [3.05, 3.63) is 0 Å². The van der Waals surface area contributed by atoms with Gasteiger partial charge in [0.25, 0.3) is 0 Å². The zero-order valence-corrected chi connectivity index (χ0v) is 10.3. The largest absolute Gasteiger partial charge is 0.300 e. The summed E-state index contributed by atoms with van der Waals surface area (Å²) >= 11 is 0. The molecule has 0 amide bonds. The molecule has 0 aromatic carbocycles. The molecule has 2 aliphatic rings. The highest BCUT2D eigenvalue weighted by molar-refractivity contribution is 4.92. The van der Waals surface area contributed by atoms with Gasteiger partial charge in [-0.2, -0.15) is 0 Å². The fourth-order valence-electron chi connectivity index (χ4n) is 3.49. The first-order chi connectivity index (χ1) is 7.33. The molecule has 1 aliphatic heterocycles. The summed E-state index contributed by atoms with van der Waals surface area (Å²) in [5.41, 5.74) is 0. The highest BCUT2D eigenvalue weighted by atomic mass is 15.3. The Labute approximate surface area is 94.4 Å². The molecule has 0 bridgehead atoms. The van der Waals surface area contributed by atoms with Crippen LogP contribution in [-0.4, -0.2) is 30.7 Å². The number of hydrogen-bond acceptors (Lipinski definition) is 2. The average Bonchev–Trinajstić information content (AvgIpc) is 2.48. The number of nitrogens with one attached hydrogen (secondary N) is 1. The van der Waals surface area contributed by atoms with E-state index in [0.717, 1.165) is 24.7 Å². The molecule has 2 rings (SSSR count). The van der Waals surface area contributed by atoms with Crippen molar-refractivity contribution in [2.45, 2.75) is 64.0 Å². The molecule has 0 aromatic rings. The summed E-state index contributed by atoms with van der Waals surface area (Å²) in [5.74, 6) is 0.947. The van der Waals surface area contributed by atoms with E-state index >= 15 is 0 Å². The topological polar surface area (TPSA) is 15.3 Å². The van der Waals surface area contributed by atoms with Crippen molar-refractivity contribution in [1.29, 1.82) is 0 Å². The predicted molar refractivity (Wildman–Crippen MR) is 64.8 cm³/mol. The summed E-state index contributed by atoms with van der Waals surface area (Å²) in [5, 5.41) is 3.73. The first-order valence-electron chi connectivity index (χ1n) is 6.76. The van der Waals surface area contributed by atoms with Crippen LogP contribution in [0.1, 0.15) is 51.9 Å². The lowest BCUT2D eigenvalue weighted by molar-refractivity contribution is 0.244. The number of likely N-dealkylation sites (N-methyl/N-ethyl adjacent to an activating group) is 1. The average molecular weight is 210 g/mol.